The van der Waals surface area contributed by atoms with Gasteiger partial charge in [-0.15, -0.1) is 0 Å². The van der Waals surface area contributed by atoms with E-state index in [1.165, 1.54) is 25.7 Å². The van der Waals surface area contributed by atoms with Gasteiger partial charge >= 0.3 is 0 Å². The fourth-order valence-corrected chi connectivity index (χ4v) is 2.14. The first-order valence-electron chi connectivity index (χ1n) is 3.40. The number of hydrogen-bond acceptors (Lipinski definition) is 1. The molecule has 0 saturated heterocycles. The van der Waals surface area contributed by atoms with Gasteiger partial charge in [-0.3, -0.25) is 0 Å². The van der Waals surface area contributed by atoms with Crippen molar-refractivity contribution < 1.29 is 4.74 Å². The molecule has 3 aliphatic rings. The molecule has 1 nitrogen and oxygen atoms in total. The summed E-state index contributed by atoms with van der Waals surface area (Å²) in [6.45, 7) is 0. The number of ether oxygens (including phenoxy) is 1. The van der Waals surface area contributed by atoms with E-state index in [9.17, 15) is 0 Å². The molecule has 0 atom stereocenters. The predicted octanol–water partition coefficient (Wildman–Crippen LogP) is 1.58. The average molecular weight is 112 g/mol. The van der Waals surface area contributed by atoms with Crippen molar-refractivity contribution in [3.8, 4) is 0 Å². The highest BCUT2D eigenvalue weighted by atomic mass is 16.5. The first-order chi connectivity index (χ1) is 3.85. The minimum Gasteiger partial charge on any atom is -0.378 e. The lowest BCUT2D eigenvalue weighted by Gasteiger charge is -2.36. The third-order valence-electron chi connectivity index (χ3n) is 2.76. The van der Waals surface area contributed by atoms with E-state index >= 15 is 0 Å². The lowest BCUT2D eigenvalue weighted by molar-refractivity contribution is -0.0599. The maximum Gasteiger partial charge on any atom is 0.0684 e. The maximum absolute atomic E-state index is 5.36. The molecule has 46 valence electrons. The highest BCUT2D eigenvalue weighted by molar-refractivity contribution is 5.02. The van der Waals surface area contributed by atoms with Gasteiger partial charge in [-0.05, 0) is 31.6 Å². The zero-order chi connectivity index (χ0) is 5.61. The van der Waals surface area contributed by atoms with Crippen molar-refractivity contribution in [1.82, 2.24) is 0 Å². The largest absolute Gasteiger partial charge is 0.378 e. The van der Waals surface area contributed by atoms with Gasteiger partial charge in [0.1, 0.15) is 0 Å². The SMILES string of the molecule is COC12CCC(C1)C2. The third-order valence-corrected chi connectivity index (χ3v) is 2.76. The monoisotopic (exact) mass is 112 g/mol. The molecule has 0 amide bonds. The van der Waals surface area contributed by atoms with E-state index in [0.717, 1.165) is 5.92 Å². The van der Waals surface area contributed by atoms with Crippen LogP contribution in [0, 0.1) is 5.92 Å². The Balaban J connectivity index is 2.09. The fraction of sp³-hybridized carbons (Fsp3) is 1.00. The summed E-state index contributed by atoms with van der Waals surface area (Å²) >= 11 is 0. The molecule has 3 rings (SSSR count). The third kappa shape index (κ3) is 0.408. The Hall–Kier alpha value is -0.0400. The fourth-order valence-electron chi connectivity index (χ4n) is 2.14. The normalized spacial score (nSPS) is 51.4. The zero-order valence-electron chi connectivity index (χ0n) is 5.31. The van der Waals surface area contributed by atoms with Gasteiger partial charge in [0.2, 0.25) is 0 Å². The van der Waals surface area contributed by atoms with Crippen molar-refractivity contribution in [3.05, 3.63) is 0 Å². The van der Waals surface area contributed by atoms with E-state index < -0.39 is 0 Å². The Morgan fingerprint density at radius 3 is 2.50 bits per heavy atom. The second-order valence-electron chi connectivity index (χ2n) is 3.20. The molecule has 0 spiro atoms. The lowest BCUT2D eigenvalue weighted by Crippen LogP contribution is -2.36. The second kappa shape index (κ2) is 1.27. The molecule has 0 N–H and O–H groups in total. The van der Waals surface area contributed by atoms with Crippen molar-refractivity contribution in [2.75, 3.05) is 7.11 Å². The van der Waals surface area contributed by atoms with Gasteiger partial charge in [-0.25, -0.2) is 0 Å². The smallest absolute Gasteiger partial charge is 0.0684 e. The van der Waals surface area contributed by atoms with E-state index in [-0.39, 0.29) is 0 Å². The minimum absolute atomic E-state index is 0.380. The summed E-state index contributed by atoms with van der Waals surface area (Å²) in [4.78, 5) is 0. The van der Waals surface area contributed by atoms with Gasteiger partial charge < -0.3 is 4.74 Å². The van der Waals surface area contributed by atoms with Gasteiger partial charge in [0, 0.05) is 7.11 Å². The summed E-state index contributed by atoms with van der Waals surface area (Å²) in [6, 6.07) is 0. The van der Waals surface area contributed by atoms with Gasteiger partial charge in [0.25, 0.3) is 0 Å². The van der Waals surface area contributed by atoms with Crippen LogP contribution in [0.5, 0.6) is 0 Å². The Labute approximate surface area is 50.0 Å². The van der Waals surface area contributed by atoms with Crippen LogP contribution in [0.1, 0.15) is 25.7 Å². The highest BCUT2D eigenvalue weighted by Gasteiger charge is 2.50. The first-order valence-corrected chi connectivity index (χ1v) is 3.40. The van der Waals surface area contributed by atoms with E-state index in [1.54, 1.807) is 0 Å². The lowest BCUT2D eigenvalue weighted by atomic mass is 9.80. The standard InChI is InChI=1S/C7H12O/c1-8-7-3-2-6(4-7)5-7/h6H,2-5H2,1H3. The Bertz CT molecular complexity index is 97.4. The summed E-state index contributed by atoms with van der Waals surface area (Å²) in [7, 11) is 1.85. The summed E-state index contributed by atoms with van der Waals surface area (Å²) < 4.78 is 5.36. The van der Waals surface area contributed by atoms with Gasteiger partial charge in [-0.1, -0.05) is 0 Å². The zero-order valence-corrected chi connectivity index (χ0v) is 5.31. The molecule has 0 unspecified atom stereocenters. The summed E-state index contributed by atoms with van der Waals surface area (Å²) in [5.74, 6) is 1.04. The number of rotatable bonds is 1. The topological polar surface area (TPSA) is 9.23 Å². The number of fused-ring (bicyclic) bond motifs is 1. The molecule has 0 aromatic carbocycles. The summed E-state index contributed by atoms with van der Waals surface area (Å²) in [5.41, 5.74) is 0.380. The molecule has 1 heteroatoms. The van der Waals surface area contributed by atoms with Crippen LogP contribution in [-0.4, -0.2) is 12.7 Å². The predicted molar refractivity (Wildman–Crippen MR) is 31.7 cm³/mol. The molecule has 3 aliphatic carbocycles. The molecule has 3 saturated carbocycles. The quantitative estimate of drug-likeness (QED) is 0.500. The van der Waals surface area contributed by atoms with Crippen LogP contribution in [0.3, 0.4) is 0 Å². The highest BCUT2D eigenvalue weighted by Crippen LogP contribution is 2.53. The molecule has 0 radical (unpaired) electrons. The van der Waals surface area contributed by atoms with Crippen LogP contribution in [0.15, 0.2) is 0 Å². The number of methoxy groups -OCH3 is 1. The number of hydrogen-bond donors (Lipinski definition) is 0. The van der Waals surface area contributed by atoms with E-state index in [4.69, 9.17) is 4.74 Å². The molecule has 0 aromatic heterocycles. The Morgan fingerprint density at radius 2 is 2.25 bits per heavy atom. The van der Waals surface area contributed by atoms with Gasteiger partial charge in [-0.2, -0.15) is 0 Å². The van der Waals surface area contributed by atoms with Crippen LogP contribution in [-0.2, 0) is 4.74 Å². The molecule has 2 bridgehead atoms. The Morgan fingerprint density at radius 1 is 1.50 bits per heavy atom. The molecule has 0 aliphatic heterocycles. The molecular weight excluding hydrogens is 100 g/mol. The summed E-state index contributed by atoms with van der Waals surface area (Å²) in [6.07, 6.45) is 5.45. The molecule has 0 heterocycles. The van der Waals surface area contributed by atoms with Crippen molar-refractivity contribution in [3.63, 3.8) is 0 Å². The van der Waals surface area contributed by atoms with Gasteiger partial charge in [0.15, 0.2) is 0 Å². The maximum atomic E-state index is 5.36. The van der Waals surface area contributed by atoms with E-state index in [1.807, 2.05) is 7.11 Å². The van der Waals surface area contributed by atoms with E-state index in [0.29, 0.717) is 5.60 Å². The van der Waals surface area contributed by atoms with Crippen molar-refractivity contribution in [2.45, 2.75) is 31.3 Å². The van der Waals surface area contributed by atoms with Crippen LogP contribution in [0.4, 0.5) is 0 Å². The van der Waals surface area contributed by atoms with Crippen LogP contribution in [0.2, 0.25) is 0 Å². The van der Waals surface area contributed by atoms with Crippen molar-refractivity contribution in [2.24, 2.45) is 5.92 Å². The van der Waals surface area contributed by atoms with Crippen LogP contribution < -0.4 is 0 Å². The Kier molecular flexibility index (Phi) is 0.762. The summed E-state index contributed by atoms with van der Waals surface area (Å²) in [5, 5.41) is 0. The molecule has 8 heavy (non-hydrogen) atoms. The second-order valence-corrected chi connectivity index (χ2v) is 3.20. The minimum atomic E-state index is 0.380. The average Bonchev–Trinajstić information content (AvgIpc) is 2.17. The molecule has 0 aromatic rings. The van der Waals surface area contributed by atoms with Crippen molar-refractivity contribution >= 4 is 0 Å². The van der Waals surface area contributed by atoms with E-state index in [2.05, 4.69) is 0 Å². The van der Waals surface area contributed by atoms with Crippen LogP contribution >= 0.6 is 0 Å². The van der Waals surface area contributed by atoms with Gasteiger partial charge in [0.05, 0.1) is 5.60 Å². The first kappa shape index (κ1) is 4.80. The van der Waals surface area contributed by atoms with Crippen LogP contribution in [0.25, 0.3) is 0 Å². The molecule has 3 fully saturated rings. The van der Waals surface area contributed by atoms with Crippen molar-refractivity contribution in [1.29, 1.82) is 0 Å². The molecular formula is C7H12O.